The zero-order valence-corrected chi connectivity index (χ0v) is 28.5. The Labute approximate surface area is 283 Å². The maximum Gasteiger partial charge on any atom is 0.224 e. The first-order valence-electron chi connectivity index (χ1n) is 17.1. The number of anilines is 1. The van der Waals surface area contributed by atoms with Crippen LogP contribution in [0, 0.1) is 5.92 Å². The Balaban J connectivity index is 1.15. The molecule has 2 N–H and O–H groups in total. The molecule has 1 amide bonds. The van der Waals surface area contributed by atoms with Crippen molar-refractivity contribution in [3.8, 4) is 0 Å². The van der Waals surface area contributed by atoms with Gasteiger partial charge in [0.15, 0.2) is 5.83 Å². The maximum absolute atomic E-state index is 14.0. The van der Waals surface area contributed by atoms with Crippen LogP contribution < -0.4 is 5.32 Å². The summed E-state index contributed by atoms with van der Waals surface area (Å²) >= 11 is 1.69. The largest absolute Gasteiger partial charge is 0.489 e. The Morgan fingerprint density at radius 2 is 1.96 bits per heavy atom. The topological polar surface area (TPSA) is 83.3 Å². The van der Waals surface area contributed by atoms with E-state index in [1.54, 1.807) is 17.8 Å². The van der Waals surface area contributed by atoms with Crippen LogP contribution in [0.1, 0.15) is 90.9 Å². The van der Waals surface area contributed by atoms with Crippen molar-refractivity contribution in [2.45, 2.75) is 108 Å². The van der Waals surface area contributed by atoms with E-state index in [4.69, 9.17) is 9.73 Å². The van der Waals surface area contributed by atoms with Crippen LogP contribution in [0.3, 0.4) is 0 Å². The minimum atomic E-state index is -0.642. The minimum Gasteiger partial charge on any atom is -0.489 e. The molecule has 1 aromatic carbocycles. The van der Waals surface area contributed by atoms with Crippen molar-refractivity contribution in [1.82, 2.24) is 0 Å². The van der Waals surface area contributed by atoms with Gasteiger partial charge in [-0.3, -0.25) is 9.79 Å². The first kappa shape index (κ1) is 34.8. The summed E-state index contributed by atoms with van der Waals surface area (Å²) < 4.78 is 19.9. The second-order valence-electron chi connectivity index (χ2n) is 12.9. The molecular weight excluding hydrogens is 610 g/mol. The van der Waals surface area contributed by atoms with Crippen LogP contribution >= 0.6 is 11.8 Å². The lowest BCUT2D eigenvalue weighted by atomic mass is 10.0. The monoisotopic (exact) mass is 657 g/mol. The molecule has 1 saturated carbocycles. The summed E-state index contributed by atoms with van der Waals surface area (Å²) in [4.78, 5) is 23.6. The number of thioether (sulfide) groups is 1. The van der Waals surface area contributed by atoms with Gasteiger partial charge in [0, 0.05) is 35.7 Å². The number of aliphatic imine (C=N–C) groups is 2. The number of allylic oxidation sites excluding steroid dienone is 10. The Bertz CT molecular complexity index is 1520. The van der Waals surface area contributed by atoms with Crippen LogP contribution in [0.15, 0.2) is 110 Å². The number of carbonyl (C=O) groups excluding carboxylic acids is 1. The van der Waals surface area contributed by atoms with Gasteiger partial charge in [0.05, 0.1) is 16.8 Å². The average molecular weight is 658 g/mol. The standard InChI is InChI=1S/C39H48FN3O3S/c1-27-10-6-4-3-5-7-13-39(43-34(27)20-14-29-22-23-41-28(2)24-29)47-32-18-16-31(17-19-32)42-38(45)21-15-30-25-35(44)37(26-30)46-36-12-9-8-11-33(36)40/h4,6,8,10-11,16-20,24,30,35,37,44H,3,5,7,9,12-15,21-23,25-26H2,1-2H3,(H,42,45)/b6-4?,27-10+,34-20-,43-39?. The zero-order valence-electron chi connectivity index (χ0n) is 27.7. The highest BCUT2D eigenvalue weighted by molar-refractivity contribution is 8.14. The van der Waals surface area contributed by atoms with Crippen molar-refractivity contribution in [1.29, 1.82) is 0 Å². The van der Waals surface area contributed by atoms with Crippen molar-refractivity contribution >= 4 is 34.1 Å². The predicted octanol–water partition coefficient (Wildman–Crippen LogP) is 9.72. The number of ether oxygens (including phenoxy) is 1. The van der Waals surface area contributed by atoms with Gasteiger partial charge in [-0.15, -0.1) is 0 Å². The van der Waals surface area contributed by atoms with Crippen molar-refractivity contribution in [3.05, 3.63) is 95.2 Å². The van der Waals surface area contributed by atoms with E-state index in [0.29, 0.717) is 37.9 Å². The van der Waals surface area contributed by atoms with Gasteiger partial charge in [-0.25, -0.2) is 9.38 Å². The first-order chi connectivity index (χ1) is 22.8. The van der Waals surface area contributed by atoms with E-state index in [2.05, 4.69) is 54.5 Å². The van der Waals surface area contributed by atoms with Crippen LogP contribution in [0.2, 0.25) is 0 Å². The van der Waals surface area contributed by atoms with Crippen LogP contribution in [0.5, 0.6) is 0 Å². The number of hydrogen-bond donors (Lipinski definition) is 2. The number of nitrogens with one attached hydrogen (secondary N) is 1. The average Bonchev–Trinajstić information content (AvgIpc) is 3.40. The molecule has 2 aliphatic heterocycles. The van der Waals surface area contributed by atoms with E-state index in [1.807, 2.05) is 24.3 Å². The second kappa shape index (κ2) is 17.6. The third kappa shape index (κ3) is 11.0. The van der Waals surface area contributed by atoms with Crippen molar-refractivity contribution < 1.29 is 19.0 Å². The Morgan fingerprint density at radius 1 is 1.11 bits per heavy atom. The SMILES string of the molecule is CC1=NCCC(C/C=C2N=C(Sc3ccc(NC(=O)CCC4CC(O)C(OC5=C(F)C=CCC5)C4)cc3)CCCCC=C\C=C\2C)=C1. The number of nitrogens with zero attached hydrogens (tertiary/aromatic N) is 2. The van der Waals surface area contributed by atoms with E-state index in [-0.39, 0.29) is 17.7 Å². The van der Waals surface area contributed by atoms with Gasteiger partial charge < -0.3 is 15.2 Å². The lowest BCUT2D eigenvalue weighted by Crippen LogP contribution is -2.23. The summed E-state index contributed by atoms with van der Waals surface area (Å²) in [5.41, 5.74) is 5.43. The number of amides is 1. The van der Waals surface area contributed by atoms with Crippen molar-refractivity contribution in [2.75, 3.05) is 11.9 Å². The van der Waals surface area contributed by atoms with Gasteiger partial charge in [0.25, 0.3) is 0 Å². The molecule has 0 radical (unpaired) electrons. The summed E-state index contributed by atoms with van der Waals surface area (Å²) in [7, 11) is 0. The fourth-order valence-electron chi connectivity index (χ4n) is 6.32. The number of carbonyl (C=O) groups is 1. The molecule has 0 bridgehead atoms. The van der Waals surface area contributed by atoms with E-state index < -0.39 is 12.2 Å². The molecule has 1 fully saturated rings. The number of halogens is 1. The van der Waals surface area contributed by atoms with Gasteiger partial charge in [-0.05, 0) is 126 Å². The van der Waals surface area contributed by atoms with E-state index in [0.717, 1.165) is 84.1 Å². The number of aliphatic hydroxyl groups excluding tert-OH is 1. The molecule has 0 spiro atoms. The lowest BCUT2D eigenvalue weighted by molar-refractivity contribution is -0.116. The first-order valence-corrected chi connectivity index (χ1v) is 17.9. The molecule has 0 aromatic heterocycles. The second-order valence-corrected chi connectivity index (χ2v) is 14.0. The number of hydrogen-bond acceptors (Lipinski definition) is 6. The van der Waals surface area contributed by atoms with Crippen LogP contribution in [-0.4, -0.2) is 40.5 Å². The molecule has 2 heterocycles. The lowest BCUT2D eigenvalue weighted by Gasteiger charge is -2.20. The van der Waals surface area contributed by atoms with Crippen LogP contribution in [-0.2, 0) is 9.53 Å². The summed E-state index contributed by atoms with van der Waals surface area (Å²) in [6.45, 7) is 5.06. The smallest absolute Gasteiger partial charge is 0.224 e. The fraction of sp³-hybridized carbons (Fsp3) is 0.462. The summed E-state index contributed by atoms with van der Waals surface area (Å²) in [5, 5.41) is 14.6. The summed E-state index contributed by atoms with van der Waals surface area (Å²) in [6, 6.07) is 7.97. The van der Waals surface area contributed by atoms with Crippen LogP contribution in [0.4, 0.5) is 10.1 Å². The third-order valence-electron chi connectivity index (χ3n) is 8.99. The Morgan fingerprint density at radius 3 is 2.77 bits per heavy atom. The molecule has 4 aliphatic rings. The number of rotatable bonds is 9. The molecule has 5 rings (SSSR count). The van der Waals surface area contributed by atoms with E-state index in [1.165, 1.54) is 11.6 Å². The molecule has 6 nitrogen and oxygen atoms in total. The highest BCUT2D eigenvalue weighted by Gasteiger charge is 2.35. The maximum atomic E-state index is 14.0. The molecule has 1 aromatic rings. The molecule has 8 heteroatoms. The molecule has 47 heavy (non-hydrogen) atoms. The van der Waals surface area contributed by atoms with Gasteiger partial charge in [-0.1, -0.05) is 47.7 Å². The predicted molar refractivity (Wildman–Crippen MR) is 192 cm³/mol. The molecule has 3 unspecified atom stereocenters. The molecule has 2 aliphatic carbocycles. The molecular formula is C39H48FN3O3S. The molecule has 0 saturated heterocycles. The van der Waals surface area contributed by atoms with Crippen LogP contribution in [0.25, 0.3) is 0 Å². The number of aliphatic hydroxyl groups is 1. The quantitative estimate of drug-likeness (QED) is 0.277. The number of benzene rings is 1. The third-order valence-corrected chi connectivity index (χ3v) is 10.0. The van der Waals surface area contributed by atoms with Gasteiger partial charge in [-0.2, -0.15) is 0 Å². The Kier molecular flexibility index (Phi) is 13.0. The summed E-state index contributed by atoms with van der Waals surface area (Å²) in [6.07, 6.45) is 22.7. The normalized spacial score (nSPS) is 25.8. The summed E-state index contributed by atoms with van der Waals surface area (Å²) in [5.74, 6) is 0.0907. The van der Waals surface area contributed by atoms with E-state index in [9.17, 15) is 14.3 Å². The van der Waals surface area contributed by atoms with Gasteiger partial charge in [0.1, 0.15) is 11.9 Å². The minimum absolute atomic E-state index is 0.0524. The zero-order chi connectivity index (χ0) is 33.0. The van der Waals surface area contributed by atoms with E-state index >= 15 is 0 Å². The van der Waals surface area contributed by atoms with Gasteiger partial charge >= 0.3 is 0 Å². The molecule has 3 atom stereocenters. The fourth-order valence-corrected chi connectivity index (χ4v) is 7.25. The van der Waals surface area contributed by atoms with Crippen molar-refractivity contribution in [3.63, 3.8) is 0 Å². The van der Waals surface area contributed by atoms with Gasteiger partial charge in [0.2, 0.25) is 5.91 Å². The highest BCUT2D eigenvalue weighted by Crippen LogP contribution is 2.35. The highest BCUT2D eigenvalue weighted by atomic mass is 32.2. The Hall–Kier alpha value is -3.49. The molecule has 250 valence electrons. The van der Waals surface area contributed by atoms with Crippen molar-refractivity contribution in [2.24, 2.45) is 15.9 Å². The number of dihydropyridines is 1.